The number of ether oxygens (including phenoxy) is 1. The molecule has 0 saturated heterocycles. The van der Waals surface area contributed by atoms with Gasteiger partial charge in [-0.2, -0.15) is 0 Å². The lowest BCUT2D eigenvalue weighted by Crippen LogP contribution is -2.28. The maximum absolute atomic E-state index is 11.0. The van der Waals surface area contributed by atoms with E-state index in [1.165, 1.54) is 0 Å². The van der Waals surface area contributed by atoms with Gasteiger partial charge in [-0.1, -0.05) is 0 Å². The number of nitrogens with two attached hydrogens (primary N) is 2. The maximum atomic E-state index is 11.0. The molecule has 14 heavy (non-hydrogen) atoms. The smallest absolute Gasteiger partial charge is 0.306 e. The highest BCUT2D eigenvalue weighted by atomic mass is 16.5. The van der Waals surface area contributed by atoms with Gasteiger partial charge in [0.1, 0.15) is 0 Å². The van der Waals surface area contributed by atoms with Gasteiger partial charge in [0.15, 0.2) is 0 Å². The monoisotopic (exact) mass is 202 g/mol. The summed E-state index contributed by atoms with van der Waals surface area (Å²) in [5, 5.41) is 0. The number of esters is 1. The lowest BCUT2D eigenvalue weighted by atomic mass is 10.1. The van der Waals surface area contributed by atoms with Crippen molar-refractivity contribution in [3.63, 3.8) is 0 Å². The van der Waals surface area contributed by atoms with Crippen LogP contribution in [0.5, 0.6) is 0 Å². The standard InChI is InChI=1S/C9H18N2O3/c1-6(2)14-9(13)4-3-7(10)5-8(11)12/h6-7H,3-5,10H2,1-2H3,(H2,11,12). The highest BCUT2D eigenvalue weighted by Crippen LogP contribution is 2.02. The lowest BCUT2D eigenvalue weighted by Gasteiger charge is -2.10. The van der Waals surface area contributed by atoms with E-state index in [1.807, 2.05) is 0 Å². The Labute approximate surface area is 83.8 Å². The molecule has 0 aromatic heterocycles. The topological polar surface area (TPSA) is 95.4 Å². The Balaban J connectivity index is 3.61. The third-order valence-electron chi connectivity index (χ3n) is 1.55. The molecule has 0 radical (unpaired) electrons. The highest BCUT2D eigenvalue weighted by molar-refractivity contribution is 5.74. The van der Waals surface area contributed by atoms with Crippen molar-refractivity contribution in [1.82, 2.24) is 0 Å². The molecule has 0 fully saturated rings. The van der Waals surface area contributed by atoms with E-state index in [2.05, 4.69) is 0 Å². The molecular formula is C9H18N2O3. The first-order valence-corrected chi connectivity index (χ1v) is 4.65. The molecule has 5 nitrogen and oxygen atoms in total. The number of hydrogen-bond acceptors (Lipinski definition) is 4. The minimum Gasteiger partial charge on any atom is -0.463 e. The number of carbonyl (C=O) groups is 2. The number of hydrogen-bond donors (Lipinski definition) is 2. The maximum Gasteiger partial charge on any atom is 0.306 e. The summed E-state index contributed by atoms with van der Waals surface area (Å²) in [6, 6.07) is -0.354. The molecule has 0 aliphatic rings. The van der Waals surface area contributed by atoms with Gasteiger partial charge in [-0.25, -0.2) is 0 Å². The van der Waals surface area contributed by atoms with Crippen molar-refractivity contribution >= 4 is 11.9 Å². The third kappa shape index (κ3) is 7.54. The van der Waals surface area contributed by atoms with Crippen LogP contribution >= 0.6 is 0 Å². The van der Waals surface area contributed by atoms with Crippen molar-refractivity contribution in [1.29, 1.82) is 0 Å². The van der Waals surface area contributed by atoms with Gasteiger partial charge in [0, 0.05) is 18.9 Å². The summed E-state index contributed by atoms with van der Waals surface area (Å²) in [6.07, 6.45) is 0.644. The van der Waals surface area contributed by atoms with Gasteiger partial charge in [0.25, 0.3) is 0 Å². The molecule has 5 heteroatoms. The van der Waals surface area contributed by atoms with Crippen LogP contribution < -0.4 is 11.5 Å². The number of amides is 1. The fourth-order valence-corrected chi connectivity index (χ4v) is 0.986. The molecule has 1 amide bonds. The van der Waals surface area contributed by atoms with Crippen LogP contribution in [-0.4, -0.2) is 24.0 Å². The van der Waals surface area contributed by atoms with E-state index in [0.717, 1.165) is 0 Å². The van der Waals surface area contributed by atoms with Gasteiger partial charge >= 0.3 is 5.97 Å². The van der Waals surface area contributed by atoms with Crippen molar-refractivity contribution in [2.45, 2.75) is 45.3 Å². The molecule has 0 aliphatic heterocycles. The van der Waals surface area contributed by atoms with Crippen molar-refractivity contribution < 1.29 is 14.3 Å². The van der Waals surface area contributed by atoms with Crippen molar-refractivity contribution in [3.05, 3.63) is 0 Å². The molecule has 0 heterocycles. The van der Waals surface area contributed by atoms with Crippen molar-refractivity contribution in [2.24, 2.45) is 11.5 Å². The zero-order valence-electron chi connectivity index (χ0n) is 8.66. The van der Waals surface area contributed by atoms with Gasteiger partial charge < -0.3 is 16.2 Å². The fraction of sp³-hybridized carbons (Fsp3) is 0.778. The molecule has 4 N–H and O–H groups in total. The predicted molar refractivity (Wildman–Crippen MR) is 52.2 cm³/mol. The van der Waals surface area contributed by atoms with E-state index in [1.54, 1.807) is 13.8 Å². The van der Waals surface area contributed by atoms with Crippen LogP contribution in [0.15, 0.2) is 0 Å². The first-order valence-electron chi connectivity index (χ1n) is 4.65. The zero-order chi connectivity index (χ0) is 11.1. The van der Waals surface area contributed by atoms with E-state index in [0.29, 0.717) is 6.42 Å². The summed E-state index contributed by atoms with van der Waals surface area (Å²) in [5.74, 6) is -0.741. The van der Waals surface area contributed by atoms with E-state index < -0.39 is 5.91 Å². The largest absolute Gasteiger partial charge is 0.463 e. The highest BCUT2D eigenvalue weighted by Gasteiger charge is 2.11. The van der Waals surface area contributed by atoms with Crippen molar-refractivity contribution in [3.8, 4) is 0 Å². The number of primary amides is 1. The van der Waals surface area contributed by atoms with Crippen LogP contribution in [0, 0.1) is 0 Å². The van der Waals surface area contributed by atoms with Gasteiger partial charge in [-0.05, 0) is 20.3 Å². The van der Waals surface area contributed by atoms with Gasteiger partial charge in [-0.3, -0.25) is 9.59 Å². The van der Waals surface area contributed by atoms with E-state index in [9.17, 15) is 9.59 Å². The molecule has 0 aromatic carbocycles. The molecular weight excluding hydrogens is 184 g/mol. The Hall–Kier alpha value is -1.10. The summed E-state index contributed by atoms with van der Waals surface area (Å²) in [4.78, 5) is 21.5. The molecule has 0 saturated carbocycles. The zero-order valence-corrected chi connectivity index (χ0v) is 8.66. The SMILES string of the molecule is CC(C)OC(=O)CCC(N)CC(N)=O. The van der Waals surface area contributed by atoms with E-state index in [-0.39, 0.29) is 31.0 Å². The molecule has 1 unspecified atom stereocenters. The average Bonchev–Trinajstić information content (AvgIpc) is 1.98. The number of rotatable bonds is 6. The second kappa shape index (κ2) is 6.37. The molecule has 0 spiro atoms. The second-order valence-electron chi connectivity index (χ2n) is 3.51. The molecule has 0 aromatic rings. The van der Waals surface area contributed by atoms with Gasteiger partial charge in [-0.15, -0.1) is 0 Å². The molecule has 82 valence electrons. The van der Waals surface area contributed by atoms with Crippen LogP contribution in [0.25, 0.3) is 0 Å². The normalized spacial score (nSPS) is 12.6. The van der Waals surface area contributed by atoms with Crippen LogP contribution in [0.4, 0.5) is 0 Å². The van der Waals surface area contributed by atoms with Crippen LogP contribution in [-0.2, 0) is 14.3 Å². The third-order valence-corrected chi connectivity index (χ3v) is 1.55. The minimum absolute atomic E-state index is 0.106. The fourth-order valence-electron chi connectivity index (χ4n) is 0.986. The summed E-state index contributed by atoms with van der Waals surface area (Å²) in [6.45, 7) is 3.56. The Morgan fingerprint density at radius 3 is 2.36 bits per heavy atom. The summed E-state index contributed by atoms with van der Waals surface area (Å²) in [7, 11) is 0. The number of carbonyl (C=O) groups excluding carboxylic acids is 2. The Kier molecular flexibility index (Phi) is 5.87. The van der Waals surface area contributed by atoms with Gasteiger partial charge in [0.2, 0.25) is 5.91 Å². The first kappa shape index (κ1) is 12.9. The average molecular weight is 202 g/mol. The quantitative estimate of drug-likeness (QED) is 0.589. The summed E-state index contributed by atoms with van der Waals surface area (Å²) in [5.41, 5.74) is 10.5. The molecule has 0 aliphatic carbocycles. The van der Waals surface area contributed by atoms with Crippen molar-refractivity contribution in [2.75, 3.05) is 0 Å². The van der Waals surface area contributed by atoms with Gasteiger partial charge in [0.05, 0.1) is 6.10 Å². The second-order valence-corrected chi connectivity index (χ2v) is 3.51. The summed E-state index contributed by atoms with van der Waals surface area (Å²) >= 11 is 0. The van der Waals surface area contributed by atoms with E-state index in [4.69, 9.17) is 16.2 Å². The molecule has 0 rings (SSSR count). The van der Waals surface area contributed by atoms with Crippen LogP contribution in [0.2, 0.25) is 0 Å². The van der Waals surface area contributed by atoms with E-state index >= 15 is 0 Å². The van der Waals surface area contributed by atoms with Crippen LogP contribution in [0.1, 0.15) is 33.1 Å². The minimum atomic E-state index is -0.449. The van der Waals surface area contributed by atoms with Crippen LogP contribution in [0.3, 0.4) is 0 Å². The summed E-state index contributed by atoms with van der Waals surface area (Å²) < 4.78 is 4.89. The lowest BCUT2D eigenvalue weighted by molar-refractivity contribution is -0.147. The molecule has 0 bridgehead atoms. The Morgan fingerprint density at radius 1 is 1.36 bits per heavy atom. The Morgan fingerprint density at radius 2 is 1.93 bits per heavy atom. The predicted octanol–water partition coefficient (Wildman–Crippen LogP) is -0.0791. The first-order chi connectivity index (χ1) is 6.41. The molecule has 1 atom stereocenters. The Bertz CT molecular complexity index is 204.